The van der Waals surface area contributed by atoms with Crippen LogP contribution in [0.2, 0.25) is 0 Å². The van der Waals surface area contributed by atoms with Gasteiger partial charge >= 0.3 is 0 Å². The van der Waals surface area contributed by atoms with Crippen LogP contribution in [0.4, 0.5) is 0 Å². The minimum atomic E-state index is -0.0724. The summed E-state index contributed by atoms with van der Waals surface area (Å²) < 4.78 is 10.4. The second-order valence-electron chi connectivity index (χ2n) is 3.42. The lowest BCUT2D eigenvalue weighted by molar-refractivity contribution is 0.0771. The fraction of sp³-hybridized carbons (Fsp3) is 0.900. The van der Waals surface area contributed by atoms with Crippen molar-refractivity contribution in [2.45, 2.75) is 26.9 Å². The molecule has 0 rings (SSSR count). The molecule has 0 saturated carbocycles. The number of aliphatic imine (C=N–C) groups is 1. The van der Waals surface area contributed by atoms with Gasteiger partial charge in [-0.1, -0.05) is 13.8 Å². The quantitative estimate of drug-likeness (QED) is 0.381. The number of methoxy groups -OCH3 is 1. The fourth-order valence-electron chi connectivity index (χ4n) is 1.15. The third kappa shape index (κ3) is 5.19. The van der Waals surface area contributed by atoms with E-state index in [0.29, 0.717) is 31.5 Å². The summed E-state index contributed by atoms with van der Waals surface area (Å²) in [7, 11) is 1.65. The molecule has 4 heteroatoms. The van der Waals surface area contributed by atoms with Gasteiger partial charge in [0.05, 0.1) is 13.2 Å². The van der Waals surface area contributed by atoms with Crippen molar-refractivity contribution in [3.63, 3.8) is 0 Å². The number of ether oxygens (including phenoxy) is 2. The highest BCUT2D eigenvalue weighted by molar-refractivity contribution is 5.85. The molecule has 0 aromatic carbocycles. The topological polar surface area (TPSA) is 56.8 Å². The van der Waals surface area contributed by atoms with Crippen molar-refractivity contribution in [3.05, 3.63) is 0 Å². The molecule has 0 aliphatic carbocycles. The molecule has 0 saturated heterocycles. The fourth-order valence-corrected chi connectivity index (χ4v) is 1.15. The Bertz CT molecular complexity index is 170. The van der Waals surface area contributed by atoms with Crippen molar-refractivity contribution in [3.8, 4) is 0 Å². The molecule has 0 heterocycles. The average molecular weight is 202 g/mol. The maximum atomic E-state index is 5.82. The molecule has 1 atom stereocenters. The van der Waals surface area contributed by atoms with E-state index < -0.39 is 0 Å². The van der Waals surface area contributed by atoms with Crippen LogP contribution in [0.3, 0.4) is 0 Å². The predicted octanol–water partition coefficient (Wildman–Crippen LogP) is 1.05. The number of nitrogens with zero attached hydrogens (tertiary/aromatic N) is 1. The Kier molecular flexibility index (Phi) is 7.42. The third-order valence-corrected chi connectivity index (χ3v) is 1.83. The Balaban J connectivity index is 4.12. The predicted molar refractivity (Wildman–Crippen MR) is 58.6 cm³/mol. The van der Waals surface area contributed by atoms with Crippen LogP contribution in [0.5, 0.6) is 0 Å². The van der Waals surface area contributed by atoms with E-state index in [1.807, 2.05) is 6.92 Å². The molecule has 0 aromatic rings. The molecule has 1 unspecified atom stereocenters. The Labute approximate surface area is 86.5 Å². The lowest BCUT2D eigenvalue weighted by Crippen LogP contribution is -2.36. The number of hydrogen-bond donors (Lipinski definition) is 1. The lowest BCUT2D eigenvalue weighted by atomic mass is 10.1. The highest BCUT2D eigenvalue weighted by atomic mass is 16.5. The van der Waals surface area contributed by atoms with Gasteiger partial charge in [0, 0.05) is 13.7 Å². The summed E-state index contributed by atoms with van der Waals surface area (Å²) in [6.07, 6.45) is -0.0724. The van der Waals surface area contributed by atoms with E-state index in [1.54, 1.807) is 7.11 Å². The average Bonchev–Trinajstić information content (AvgIpc) is 2.13. The van der Waals surface area contributed by atoms with Crippen LogP contribution in [-0.2, 0) is 9.47 Å². The Hall–Kier alpha value is -0.610. The first-order valence-corrected chi connectivity index (χ1v) is 5.03. The molecule has 0 spiro atoms. The summed E-state index contributed by atoms with van der Waals surface area (Å²) in [5.41, 5.74) is 5.82. The number of hydrogen-bond acceptors (Lipinski definition) is 3. The largest absolute Gasteiger partial charge is 0.385 e. The van der Waals surface area contributed by atoms with Crippen LogP contribution in [0.1, 0.15) is 20.8 Å². The van der Waals surface area contributed by atoms with E-state index in [4.69, 9.17) is 15.2 Å². The molecular weight excluding hydrogens is 180 g/mol. The lowest BCUT2D eigenvalue weighted by Gasteiger charge is -2.20. The highest BCUT2D eigenvalue weighted by Gasteiger charge is 2.16. The molecule has 0 aliphatic heterocycles. The molecule has 0 aromatic heterocycles. The van der Waals surface area contributed by atoms with E-state index in [1.165, 1.54) is 0 Å². The zero-order valence-electron chi connectivity index (χ0n) is 9.62. The van der Waals surface area contributed by atoms with Gasteiger partial charge in [0.25, 0.3) is 0 Å². The Morgan fingerprint density at radius 1 is 1.43 bits per heavy atom. The van der Waals surface area contributed by atoms with Gasteiger partial charge in [0.2, 0.25) is 0 Å². The first-order chi connectivity index (χ1) is 6.63. The summed E-state index contributed by atoms with van der Waals surface area (Å²) >= 11 is 0. The second-order valence-corrected chi connectivity index (χ2v) is 3.42. The standard InChI is InChI=1S/C10H22N2O2/c1-5-14-9(8(2)3)10(11)12-6-7-13-4/h8-9H,5-7H2,1-4H3,(H2,11,12). The van der Waals surface area contributed by atoms with Gasteiger partial charge in [-0.05, 0) is 12.8 Å². The van der Waals surface area contributed by atoms with Crippen molar-refractivity contribution in [2.75, 3.05) is 26.9 Å². The second kappa shape index (κ2) is 7.76. The van der Waals surface area contributed by atoms with Crippen molar-refractivity contribution in [1.29, 1.82) is 0 Å². The van der Waals surface area contributed by atoms with E-state index in [2.05, 4.69) is 18.8 Å². The zero-order valence-corrected chi connectivity index (χ0v) is 9.62. The van der Waals surface area contributed by atoms with E-state index in [-0.39, 0.29) is 6.10 Å². The minimum absolute atomic E-state index is 0.0724. The van der Waals surface area contributed by atoms with Gasteiger partial charge in [-0.2, -0.15) is 0 Å². The molecule has 2 N–H and O–H groups in total. The van der Waals surface area contributed by atoms with Gasteiger partial charge in [-0.25, -0.2) is 0 Å². The zero-order chi connectivity index (χ0) is 11.0. The third-order valence-electron chi connectivity index (χ3n) is 1.83. The summed E-state index contributed by atoms with van der Waals surface area (Å²) in [6, 6.07) is 0. The van der Waals surface area contributed by atoms with E-state index in [9.17, 15) is 0 Å². The molecule has 0 aliphatic rings. The summed E-state index contributed by atoms with van der Waals surface area (Å²) in [5.74, 6) is 0.917. The van der Waals surface area contributed by atoms with Gasteiger partial charge in [-0.15, -0.1) is 0 Å². The van der Waals surface area contributed by atoms with Crippen LogP contribution in [0.25, 0.3) is 0 Å². The van der Waals surface area contributed by atoms with Crippen molar-refractivity contribution < 1.29 is 9.47 Å². The van der Waals surface area contributed by atoms with Crippen molar-refractivity contribution in [1.82, 2.24) is 0 Å². The number of rotatable bonds is 7. The summed E-state index contributed by atoms with van der Waals surface area (Å²) in [4.78, 5) is 4.20. The van der Waals surface area contributed by atoms with Crippen LogP contribution in [-0.4, -0.2) is 38.8 Å². The number of amidine groups is 1. The SMILES string of the molecule is CCOC(C(N)=NCCOC)C(C)C. The van der Waals surface area contributed by atoms with Gasteiger partial charge in [0.1, 0.15) is 11.9 Å². The number of nitrogens with two attached hydrogens (primary N) is 1. The van der Waals surface area contributed by atoms with Gasteiger partial charge in [0.15, 0.2) is 0 Å². The first-order valence-electron chi connectivity index (χ1n) is 5.03. The minimum Gasteiger partial charge on any atom is -0.385 e. The Morgan fingerprint density at radius 3 is 2.50 bits per heavy atom. The van der Waals surface area contributed by atoms with Gasteiger partial charge in [-0.3, -0.25) is 4.99 Å². The van der Waals surface area contributed by atoms with E-state index in [0.717, 1.165) is 0 Å². The van der Waals surface area contributed by atoms with Gasteiger partial charge < -0.3 is 15.2 Å². The maximum Gasteiger partial charge on any atom is 0.123 e. The van der Waals surface area contributed by atoms with Crippen LogP contribution < -0.4 is 5.73 Å². The Morgan fingerprint density at radius 2 is 2.07 bits per heavy atom. The van der Waals surface area contributed by atoms with Crippen molar-refractivity contribution in [2.24, 2.45) is 16.6 Å². The normalized spacial score (nSPS) is 14.8. The molecule has 0 fully saturated rings. The van der Waals surface area contributed by atoms with Crippen LogP contribution in [0, 0.1) is 5.92 Å². The molecule has 0 amide bonds. The summed E-state index contributed by atoms with van der Waals surface area (Å²) in [5, 5.41) is 0. The molecule has 4 nitrogen and oxygen atoms in total. The van der Waals surface area contributed by atoms with E-state index >= 15 is 0 Å². The van der Waals surface area contributed by atoms with Crippen molar-refractivity contribution >= 4 is 5.84 Å². The molecule has 0 bridgehead atoms. The monoisotopic (exact) mass is 202 g/mol. The molecule has 0 radical (unpaired) electrons. The highest BCUT2D eigenvalue weighted by Crippen LogP contribution is 2.06. The molecule has 14 heavy (non-hydrogen) atoms. The van der Waals surface area contributed by atoms with Crippen LogP contribution >= 0.6 is 0 Å². The summed E-state index contributed by atoms with van der Waals surface area (Å²) in [6.45, 7) is 7.94. The molecular formula is C10H22N2O2. The first kappa shape index (κ1) is 13.4. The van der Waals surface area contributed by atoms with Crippen LogP contribution in [0.15, 0.2) is 4.99 Å². The maximum absolute atomic E-state index is 5.82. The smallest absolute Gasteiger partial charge is 0.123 e. The molecule has 84 valence electrons.